The van der Waals surface area contributed by atoms with Gasteiger partial charge in [-0.25, -0.2) is 9.97 Å². The lowest BCUT2D eigenvalue weighted by Gasteiger charge is -2.32. The summed E-state index contributed by atoms with van der Waals surface area (Å²) < 4.78 is 10.3. The zero-order valence-electron chi connectivity index (χ0n) is 13.4. The minimum Gasteiger partial charge on any atom is -0.481 e. The van der Waals surface area contributed by atoms with Crippen molar-refractivity contribution in [2.45, 2.75) is 32.9 Å². The maximum Gasteiger partial charge on any atom is 0.243 e. The van der Waals surface area contributed by atoms with Crippen LogP contribution in [0.3, 0.4) is 0 Å². The standard InChI is InChI=1S/C15H19N5O3/c1-9-6-13(23-19-9)18-14(21)10(2)20-5-4-12-11(7-20)15(22-3)17-8-16-12/h6,8,10H,4-5,7H2,1-3H3,(H,18,21)/t10-/m0/s1. The van der Waals surface area contributed by atoms with E-state index in [1.54, 1.807) is 20.1 Å². The molecule has 1 N–H and O–H groups in total. The number of amides is 1. The van der Waals surface area contributed by atoms with Gasteiger partial charge in [0.2, 0.25) is 17.7 Å². The first kappa shape index (κ1) is 15.4. The predicted octanol–water partition coefficient (Wildman–Crippen LogP) is 1.17. The van der Waals surface area contributed by atoms with Gasteiger partial charge in [0.05, 0.1) is 24.5 Å². The molecule has 1 aliphatic heterocycles. The lowest BCUT2D eigenvalue weighted by Crippen LogP contribution is -2.44. The molecule has 1 atom stereocenters. The third-order valence-electron chi connectivity index (χ3n) is 3.99. The molecule has 3 rings (SSSR count). The van der Waals surface area contributed by atoms with Gasteiger partial charge in [-0.3, -0.25) is 15.0 Å². The zero-order chi connectivity index (χ0) is 16.4. The van der Waals surface area contributed by atoms with Crippen LogP contribution < -0.4 is 10.1 Å². The smallest absolute Gasteiger partial charge is 0.243 e. The molecule has 0 aliphatic carbocycles. The summed E-state index contributed by atoms with van der Waals surface area (Å²) in [6.45, 7) is 4.98. The summed E-state index contributed by atoms with van der Waals surface area (Å²) in [6.07, 6.45) is 2.27. The van der Waals surface area contributed by atoms with Crippen molar-refractivity contribution in [2.75, 3.05) is 19.0 Å². The van der Waals surface area contributed by atoms with E-state index >= 15 is 0 Å². The number of fused-ring (bicyclic) bond motifs is 1. The highest BCUT2D eigenvalue weighted by molar-refractivity contribution is 5.93. The van der Waals surface area contributed by atoms with Gasteiger partial charge in [-0.15, -0.1) is 0 Å². The Morgan fingerprint density at radius 3 is 3.00 bits per heavy atom. The molecule has 0 saturated heterocycles. The first-order valence-corrected chi connectivity index (χ1v) is 7.43. The van der Waals surface area contributed by atoms with Crippen molar-refractivity contribution >= 4 is 11.8 Å². The summed E-state index contributed by atoms with van der Waals surface area (Å²) in [4.78, 5) is 22.9. The number of methoxy groups -OCH3 is 1. The number of hydrogen-bond acceptors (Lipinski definition) is 7. The van der Waals surface area contributed by atoms with Gasteiger partial charge in [0.1, 0.15) is 6.33 Å². The van der Waals surface area contributed by atoms with E-state index in [0.717, 1.165) is 29.9 Å². The van der Waals surface area contributed by atoms with Crippen molar-refractivity contribution < 1.29 is 14.1 Å². The van der Waals surface area contributed by atoms with Crippen LogP contribution in [-0.4, -0.2) is 45.6 Å². The molecule has 8 nitrogen and oxygen atoms in total. The highest BCUT2D eigenvalue weighted by Crippen LogP contribution is 2.25. The third kappa shape index (κ3) is 3.16. The van der Waals surface area contributed by atoms with Crippen LogP contribution in [0.15, 0.2) is 16.9 Å². The van der Waals surface area contributed by atoms with E-state index in [-0.39, 0.29) is 11.9 Å². The lowest BCUT2D eigenvalue weighted by molar-refractivity contribution is -0.121. The fraction of sp³-hybridized carbons (Fsp3) is 0.467. The average Bonchev–Trinajstić information content (AvgIpc) is 2.97. The number of ether oxygens (including phenoxy) is 1. The lowest BCUT2D eigenvalue weighted by atomic mass is 10.0. The molecule has 0 saturated carbocycles. The van der Waals surface area contributed by atoms with Crippen LogP contribution in [0.4, 0.5) is 5.88 Å². The zero-order valence-corrected chi connectivity index (χ0v) is 13.4. The number of nitrogens with zero attached hydrogens (tertiary/aromatic N) is 4. The van der Waals surface area contributed by atoms with E-state index in [2.05, 4.69) is 25.3 Å². The summed E-state index contributed by atoms with van der Waals surface area (Å²) in [6, 6.07) is 1.37. The van der Waals surface area contributed by atoms with E-state index in [4.69, 9.17) is 9.26 Å². The van der Waals surface area contributed by atoms with Crippen LogP contribution in [0.2, 0.25) is 0 Å². The summed E-state index contributed by atoms with van der Waals surface area (Å²) in [5.41, 5.74) is 2.64. The number of aryl methyl sites for hydroxylation is 1. The molecule has 8 heteroatoms. The number of carbonyl (C=O) groups excluding carboxylic acids is 1. The molecule has 0 radical (unpaired) electrons. The molecule has 0 bridgehead atoms. The Labute approximate surface area is 133 Å². The van der Waals surface area contributed by atoms with E-state index in [0.29, 0.717) is 18.3 Å². The van der Waals surface area contributed by atoms with Crippen molar-refractivity contribution in [3.63, 3.8) is 0 Å². The molecule has 2 aromatic rings. The Morgan fingerprint density at radius 1 is 1.48 bits per heavy atom. The summed E-state index contributed by atoms with van der Waals surface area (Å²) in [7, 11) is 1.59. The normalized spacial score (nSPS) is 15.8. The summed E-state index contributed by atoms with van der Waals surface area (Å²) in [5, 5.41) is 6.50. The molecule has 0 unspecified atom stereocenters. The largest absolute Gasteiger partial charge is 0.481 e. The van der Waals surface area contributed by atoms with Crippen LogP contribution in [0, 0.1) is 6.92 Å². The van der Waals surface area contributed by atoms with Crippen molar-refractivity contribution in [1.82, 2.24) is 20.0 Å². The fourth-order valence-corrected chi connectivity index (χ4v) is 2.66. The van der Waals surface area contributed by atoms with Gasteiger partial charge in [0.25, 0.3) is 0 Å². The Morgan fingerprint density at radius 2 is 2.30 bits per heavy atom. The predicted molar refractivity (Wildman–Crippen MR) is 82.0 cm³/mol. The minimum atomic E-state index is -0.321. The second-order valence-electron chi connectivity index (χ2n) is 5.53. The van der Waals surface area contributed by atoms with Crippen molar-refractivity contribution in [3.8, 4) is 5.88 Å². The third-order valence-corrected chi connectivity index (χ3v) is 3.99. The van der Waals surface area contributed by atoms with Crippen molar-refractivity contribution in [3.05, 3.63) is 29.3 Å². The van der Waals surface area contributed by atoms with Gasteiger partial charge >= 0.3 is 0 Å². The maximum atomic E-state index is 12.4. The average molecular weight is 317 g/mol. The Kier molecular flexibility index (Phi) is 4.24. The molecule has 122 valence electrons. The molecule has 1 amide bonds. The molecule has 0 aromatic carbocycles. The number of carbonyl (C=O) groups is 1. The SMILES string of the molecule is COc1ncnc2c1CN([C@@H](C)C(=O)Nc1cc(C)no1)CC2. The number of hydrogen-bond donors (Lipinski definition) is 1. The van der Waals surface area contributed by atoms with Gasteiger partial charge in [-0.05, 0) is 13.8 Å². The highest BCUT2D eigenvalue weighted by atomic mass is 16.5. The van der Waals surface area contributed by atoms with Gasteiger partial charge in [0, 0.05) is 31.1 Å². The second kappa shape index (κ2) is 6.33. The summed E-state index contributed by atoms with van der Waals surface area (Å²) in [5.74, 6) is 0.788. The fourth-order valence-electron chi connectivity index (χ4n) is 2.66. The summed E-state index contributed by atoms with van der Waals surface area (Å²) >= 11 is 0. The Bertz CT molecular complexity index is 701. The molecule has 0 fully saturated rings. The maximum absolute atomic E-state index is 12.4. The van der Waals surface area contributed by atoms with E-state index in [1.165, 1.54) is 6.33 Å². The second-order valence-corrected chi connectivity index (χ2v) is 5.53. The van der Waals surface area contributed by atoms with Crippen LogP contribution in [0.5, 0.6) is 5.88 Å². The Balaban J connectivity index is 1.71. The highest BCUT2D eigenvalue weighted by Gasteiger charge is 2.28. The van der Waals surface area contributed by atoms with E-state index < -0.39 is 0 Å². The molecule has 3 heterocycles. The van der Waals surface area contributed by atoms with Gasteiger partial charge in [-0.1, -0.05) is 5.16 Å². The van der Waals surface area contributed by atoms with Crippen LogP contribution in [0.25, 0.3) is 0 Å². The number of anilines is 1. The minimum absolute atomic E-state index is 0.139. The molecule has 2 aromatic heterocycles. The first-order valence-electron chi connectivity index (χ1n) is 7.43. The van der Waals surface area contributed by atoms with E-state index in [9.17, 15) is 4.79 Å². The number of rotatable bonds is 4. The first-order chi connectivity index (χ1) is 11.1. The molecule has 23 heavy (non-hydrogen) atoms. The quantitative estimate of drug-likeness (QED) is 0.904. The topological polar surface area (TPSA) is 93.4 Å². The number of aromatic nitrogens is 3. The van der Waals surface area contributed by atoms with Crippen molar-refractivity contribution in [1.29, 1.82) is 0 Å². The monoisotopic (exact) mass is 317 g/mol. The Hall–Kier alpha value is -2.48. The number of nitrogens with one attached hydrogen (secondary N) is 1. The van der Waals surface area contributed by atoms with Crippen LogP contribution in [0.1, 0.15) is 23.9 Å². The van der Waals surface area contributed by atoms with E-state index in [1.807, 2.05) is 6.92 Å². The molecular formula is C15H19N5O3. The molecule has 0 spiro atoms. The van der Waals surface area contributed by atoms with Gasteiger partial charge in [0.15, 0.2) is 0 Å². The van der Waals surface area contributed by atoms with Crippen molar-refractivity contribution in [2.24, 2.45) is 0 Å². The van der Waals surface area contributed by atoms with Gasteiger partial charge in [-0.2, -0.15) is 0 Å². The molecule has 1 aliphatic rings. The van der Waals surface area contributed by atoms with Crippen LogP contribution >= 0.6 is 0 Å². The van der Waals surface area contributed by atoms with Crippen LogP contribution in [-0.2, 0) is 17.8 Å². The molecular weight excluding hydrogens is 298 g/mol. The van der Waals surface area contributed by atoms with Gasteiger partial charge < -0.3 is 9.26 Å².